The number of anilines is 1. The molecule has 226 valence electrons. The van der Waals surface area contributed by atoms with E-state index < -0.39 is 0 Å². The summed E-state index contributed by atoms with van der Waals surface area (Å²) < 4.78 is 0. The Labute approximate surface area is 252 Å². The van der Waals surface area contributed by atoms with Crippen molar-refractivity contribution in [1.82, 2.24) is 15.5 Å². The number of aryl methyl sites for hydroxylation is 1. The largest absolute Gasteiger partial charge is 0.354 e. The fourth-order valence-electron chi connectivity index (χ4n) is 6.81. The zero-order valence-electron chi connectivity index (χ0n) is 26.0. The van der Waals surface area contributed by atoms with Crippen LogP contribution >= 0.6 is 0 Å². The SMILES string of the molecule is CCNCC1CCN(Cc2ccc3c(c2)N(C2CCC(C(=O)NC(C)C)CC2)C(=NC(=O)c2ccc(C)cc2)C3)CC1. The first kappa shape index (κ1) is 30.4. The number of amidine groups is 1. The third kappa shape index (κ3) is 7.48. The van der Waals surface area contributed by atoms with Gasteiger partial charge in [-0.1, -0.05) is 36.8 Å². The Morgan fingerprint density at radius 2 is 1.69 bits per heavy atom. The molecule has 1 saturated carbocycles. The lowest BCUT2D eigenvalue weighted by Gasteiger charge is -2.36. The van der Waals surface area contributed by atoms with Crippen molar-refractivity contribution in [3.63, 3.8) is 0 Å². The van der Waals surface area contributed by atoms with Crippen LogP contribution in [0.4, 0.5) is 5.69 Å². The third-order valence-electron chi connectivity index (χ3n) is 9.22. The van der Waals surface area contributed by atoms with Gasteiger partial charge in [-0.15, -0.1) is 0 Å². The molecule has 7 heteroatoms. The number of hydrogen-bond donors (Lipinski definition) is 2. The maximum absolute atomic E-state index is 13.3. The number of fused-ring (bicyclic) bond motifs is 1. The number of likely N-dealkylation sites (tertiary alicyclic amines) is 1. The Hall–Kier alpha value is -3.03. The number of aliphatic imine (C=N–C) groups is 1. The van der Waals surface area contributed by atoms with Crippen molar-refractivity contribution >= 4 is 23.3 Å². The van der Waals surface area contributed by atoms with E-state index in [-0.39, 0.29) is 29.8 Å². The number of amides is 2. The van der Waals surface area contributed by atoms with Gasteiger partial charge in [0.25, 0.3) is 5.91 Å². The van der Waals surface area contributed by atoms with E-state index in [1.54, 1.807) is 0 Å². The first-order chi connectivity index (χ1) is 20.3. The van der Waals surface area contributed by atoms with E-state index in [0.29, 0.717) is 12.0 Å². The van der Waals surface area contributed by atoms with Gasteiger partial charge in [0.05, 0.1) is 0 Å². The van der Waals surface area contributed by atoms with E-state index in [1.807, 2.05) is 45.0 Å². The number of nitrogens with zero attached hydrogens (tertiary/aromatic N) is 3. The molecule has 2 aromatic rings. The number of nitrogens with one attached hydrogen (secondary N) is 2. The van der Waals surface area contributed by atoms with Gasteiger partial charge in [-0.25, -0.2) is 0 Å². The van der Waals surface area contributed by atoms with Crippen molar-refractivity contribution < 1.29 is 9.59 Å². The molecule has 2 aliphatic heterocycles. The molecular formula is C35H49N5O2. The van der Waals surface area contributed by atoms with Gasteiger partial charge in [0.1, 0.15) is 5.84 Å². The summed E-state index contributed by atoms with van der Waals surface area (Å²) in [6.45, 7) is 13.6. The second kappa shape index (κ2) is 14.0. The highest BCUT2D eigenvalue weighted by Gasteiger charge is 2.36. The molecule has 0 aromatic heterocycles. The van der Waals surface area contributed by atoms with E-state index in [1.165, 1.54) is 29.7 Å². The maximum Gasteiger partial charge on any atom is 0.278 e. The van der Waals surface area contributed by atoms with Crippen LogP contribution in [0.2, 0.25) is 0 Å². The molecule has 7 nitrogen and oxygen atoms in total. The number of piperidine rings is 1. The third-order valence-corrected chi connectivity index (χ3v) is 9.22. The van der Waals surface area contributed by atoms with E-state index in [4.69, 9.17) is 4.99 Å². The summed E-state index contributed by atoms with van der Waals surface area (Å²) in [5, 5.41) is 6.61. The quantitative estimate of drug-likeness (QED) is 0.416. The summed E-state index contributed by atoms with van der Waals surface area (Å²) in [6.07, 6.45) is 6.70. The van der Waals surface area contributed by atoms with Crippen molar-refractivity contribution in [3.8, 4) is 0 Å². The second-order valence-corrected chi connectivity index (χ2v) is 12.9. The fourth-order valence-corrected chi connectivity index (χ4v) is 6.81. The van der Waals surface area contributed by atoms with E-state index in [0.717, 1.165) is 75.7 Å². The number of carbonyl (C=O) groups excluding carboxylic acids is 2. The van der Waals surface area contributed by atoms with Crippen molar-refractivity contribution in [2.24, 2.45) is 16.8 Å². The molecule has 0 spiro atoms. The second-order valence-electron chi connectivity index (χ2n) is 12.9. The zero-order valence-corrected chi connectivity index (χ0v) is 26.0. The van der Waals surface area contributed by atoms with E-state index in [2.05, 4.69) is 45.6 Å². The standard InChI is InChI=1S/C35H49N5O2/c1-5-36-22-26-16-18-39(19-17-26)23-27-8-11-30-21-33(38-35(42)28-9-6-25(4)7-10-28)40(32(30)20-27)31-14-12-29(13-15-31)34(41)37-24(2)3/h6-11,20,24,26,29,31,36H,5,12-19,21-23H2,1-4H3,(H,37,41). The minimum Gasteiger partial charge on any atom is -0.354 e. The average molecular weight is 572 g/mol. The first-order valence-electron chi connectivity index (χ1n) is 16.1. The van der Waals surface area contributed by atoms with Gasteiger partial charge in [0, 0.05) is 42.2 Å². The van der Waals surface area contributed by atoms with Crippen LogP contribution in [0.5, 0.6) is 0 Å². The van der Waals surface area contributed by atoms with Crippen LogP contribution in [0.15, 0.2) is 47.5 Å². The van der Waals surface area contributed by atoms with Gasteiger partial charge in [-0.05, 0) is 121 Å². The van der Waals surface area contributed by atoms with Crippen molar-refractivity contribution in [3.05, 3.63) is 64.7 Å². The lowest BCUT2D eigenvalue weighted by molar-refractivity contribution is -0.126. The summed E-state index contributed by atoms with van der Waals surface area (Å²) in [5.41, 5.74) is 5.50. The molecule has 2 heterocycles. The Morgan fingerprint density at radius 3 is 2.36 bits per heavy atom. The summed E-state index contributed by atoms with van der Waals surface area (Å²) in [4.78, 5) is 35.7. The van der Waals surface area contributed by atoms with Gasteiger partial charge in [0.15, 0.2) is 0 Å². The molecule has 1 aliphatic carbocycles. The van der Waals surface area contributed by atoms with Crippen molar-refractivity contribution in [2.75, 3.05) is 31.1 Å². The predicted molar refractivity (Wildman–Crippen MR) is 171 cm³/mol. The molecule has 3 aliphatic rings. The van der Waals surface area contributed by atoms with Gasteiger partial charge in [0.2, 0.25) is 5.91 Å². The molecule has 0 atom stereocenters. The Balaban J connectivity index is 1.34. The molecule has 2 aromatic carbocycles. The predicted octanol–water partition coefficient (Wildman–Crippen LogP) is 5.50. The molecule has 2 fully saturated rings. The molecule has 0 radical (unpaired) electrons. The number of hydrogen-bond acceptors (Lipinski definition) is 4. The number of benzene rings is 2. The fraction of sp³-hybridized carbons (Fsp3) is 0.571. The van der Waals surface area contributed by atoms with Gasteiger partial charge in [-0.2, -0.15) is 4.99 Å². The molecule has 1 saturated heterocycles. The van der Waals surface area contributed by atoms with Crippen LogP contribution in [-0.2, 0) is 17.8 Å². The highest BCUT2D eigenvalue weighted by Crippen LogP contribution is 2.38. The van der Waals surface area contributed by atoms with Crippen molar-refractivity contribution in [1.29, 1.82) is 0 Å². The summed E-state index contributed by atoms with van der Waals surface area (Å²) >= 11 is 0. The Bertz CT molecular complexity index is 1250. The average Bonchev–Trinajstić information content (AvgIpc) is 3.33. The van der Waals surface area contributed by atoms with Crippen molar-refractivity contribution in [2.45, 2.75) is 91.3 Å². The number of carbonyl (C=O) groups is 2. The van der Waals surface area contributed by atoms with Gasteiger partial charge < -0.3 is 15.5 Å². The van der Waals surface area contributed by atoms with E-state index >= 15 is 0 Å². The first-order valence-corrected chi connectivity index (χ1v) is 16.1. The smallest absolute Gasteiger partial charge is 0.278 e. The lowest BCUT2D eigenvalue weighted by Crippen LogP contribution is -2.44. The molecular weight excluding hydrogens is 522 g/mol. The van der Waals surface area contributed by atoms with Crippen LogP contribution < -0.4 is 15.5 Å². The summed E-state index contributed by atoms with van der Waals surface area (Å²) in [5.74, 6) is 1.66. The van der Waals surface area contributed by atoms with Gasteiger partial charge in [-0.3, -0.25) is 14.5 Å². The lowest BCUT2D eigenvalue weighted by atomic mass is 9.84. The van der Waals surface area contributed by atoms with Crippen LogP contribution in [0.25, 0.3) is 0 Å². The normalized spacial score (nSPS) is 22.5. The van der Waals surface area contributed by atoms with Crippen LogP contribution in [0.3, 0.4) is 0 Å². The summed E-state index contributed by atoms with van der Waals surface area (Å²) in [6, 6.07) is 14.9. The maximum atomic E-state index is 13.3. The molecule has 2 amide bonds. The molecule has 2 N–H and O–H groups in total. The number of rotatable bonds is 9. The summed E-state index contributed by atoms with van der Waals surface area (Å²) in [7, 11) is 0. The highest BCUT2D eigenvalue weighted by molar-refractivity contribution is 6.12. The van der Waals surface area contributed by atoms with Crippen LogP contribution in [-0.4, -0.2) is 60.8 Å². The molecule has 0 bridgehead atoms. The molecule has 0 unspecified atom stereocenters. The monoisotopic (exact) mass is 571 g/mol. The molecule has 5 rings (SSSR count). The van der Waals surface area contributed by atoms with Crippen LogP contribution in [0.1, 0.15) is 86.3 Å². The topological polar surface area (TPSA) is 77.0 Å². The van der Waals surface area contributed by atoms with Gasteiger partial charge >= 0.3 is 0 Å². The van der Waals surface area contributed by atoms with E-state index in [9.17, 15) is 9.59 Å². The minimum absolute atomic E-state index is 0.0575. The van der Waals surface area contributed by atoms with Crippen LogP contribution in [0, 0.1) is 18.8 Å². The highest BCUT2D eigenvalue weighted by atomic mass is 16.2. The Kier molecular flexibility index (Phi) is 10.1. The Morgan fingerprint density at radius 1 is 0.976 bits per heavy atom. The zero-order chi connectivity index (χ0) is 29.6. The minimum atomic E-state index is -0.187. The molecule has 42 heavy (non-hydrogen) atoms.